The Balaban J connectivity index is 2.38. The summed E-state index contributed by atoms with van der Waals surface area (Å²) >= 11 is 0. The zero-order valence-electron chi connectivity index (χ0n) is 9.79. The summed E-state index contributed by atoms with van der Waals surface area (Å²) in [7, 11) is 0. The smallest absolute Gasteiger partial charge is 0.220 e. The topological polar surface area (TPSA) is 55.1 Å². The van der Waals surface area contributed by atoms with Crippen molar-refractivity contribution in [3.63, 3.8) is 0 Å². The molecule has 1 aliphatic rings. The number of aryl methyl sites for hydroxylation is 2. The van der Waals surface area contributed by atoms with E-state index in [2.05, 4.69) is 31.3 Å². The molecule has 2 atom stereocenters. The fourth-order valence-corrected chi connectivity index (χ4v) is 2.42. The average Bonchev–Trinajstić information content (AvgIpc) is 2.23. The van der Waals surface area contributed by atoms with Gasteiger partial charge in [0.05, 0.1) is 6.04 Å². The SMILES string of the molecule is Cc1cccc(C)c1C1NC(=O)CCC1N. The fraction of sp³-hybridized carbons (Fsp3) is 0.462. The highest BCUT2D eigenvalue weighted by atomic mass is 16.1. The second kappa shape index (κ2) is 4.26. The number of nitrogens with two attached hydrogens (primary N) is 1. The van der Waals surface area contributed by atoms with Crippen molar-refractivity contribution in [2.45, 2.75) is 38.8 Å². The Hall–Kier alpha value is -1.35. The van der Waals surface area contributed by atoms with Crippen LogP contribution in [0, 0.1) is 13.8 Å². The molecule has 0 bridgehead atoms. The first-order valence-corrected chi connectivity index (χ1v) is 5.70. The summed E-state index contributed by atoms with van der Waals surface area (Å²) in [5.74, 6) is 0.106. The summed E-state index contributed by atoms with van der Waals surface area (Å²) in [5.41, 5.74) is 9.67. The molecule has 1 aliphatic heterocycles. The third-order valence-electron chi connectivity index (χ3n) is 3.30. The van der Waals surface area contributed by atoms with E-state index >= 15 is 0 Å². The molecule has 3 nitrogen and oxygen atoms in total. The normalized spacial score (nSPS) is 25.3. The van der Waals surface area contributed by atoms with Crippen LogP contribution in [0.3, 0.4) is 0 Å². The molecule has 1 aromatic carbocycles. The van der Waals surface area contributed by atoms with Crippen LogP contribution in [-0.2, 0) is 4.79 Å². The Morgan fingerprint density at radius 1 is 1.31 bits per heavy atom. The number of amides is 1. The van der Waals surface area contributed by atoms with Gasteiger partial charge in [0.2, 0.25) is 5.91 Å². The predicted octanol–water partition coefficient (Wildman–Crippen LogP) is 1.58. The van der Waals surface area contributed by atoms with Crippen LogP contribution in [0.2, 0.25) is 0 Å². The van der Waals surface area contributed by atoms with Gasteiger partial charge in [0.15, 0.2) is 0 Å². The maximum atomic E-state index is 11.4. The van der Waals surface area contributed by atoms with Crippen molar-refractivity contribution in [3.05, 3.63) is 34.9 Å². The molecule has 0 radical (unpaired) electrons. The maximum Gasteiger partial charge on any atom is 0.220 e. The van der Waals surface area contributed by atoms with Crippen molar-refractivity contribution in [3.8, 4) is 0 Å². The first-order chi connectivity index (χ1) is 7.59. The van der Waals surface area contributed by atoms with Crippen LogP contribution >= 0.6 is 0 Å². The molecule has 2 rings (SSSR count). The number of nitrogens with one attached hydrogen (secondary N) is 1. The molecule has 3 N–H and O–H groups in total. The molecule has 1 amide bonds. The van der Waals surface area contributed by atoms with Gasteiger partial charge in [-0.2, -0.15) is 0 Å². The highest BCUT2D eigenvalue weighted by molar-refractivity contribution is 5.77. The van der Waals surface area contributed by atoms with Crippen molar-refractivity contribution in [1.29, 1.82) is 0 Å². The Morgan fingerprint density at radius 2 is 1.94 bits per heavy atom. The van der Waals surface area contributed by atoms with E-state index in [-0.39, 0.29) is 18.0 Å². The molecule has 3 heteroatoms. The molecule has 0 aromatic heterocycles. The number of benzene rings is 1. The molecule has 0 spiro atoms. The number of rotatable bonds is 1. The Labute approximate surface area is 96.0 Å². The van der Waals surface area contributed by atoms with Gasteiger partial charge in [-0.15, -0.1) is 0 Å². The van der Waals surface area contributed by atoms with Gasteiger partial charge in [-0.1, -0.05) is 18.2 Å². The van der Waals surface area contributed by atoms with E-state index < -0.39 is 0 Å². The summed E-state index contributed by atoms with van der Waals surface area (Å²) < 4.78 is 0. The van der Waals surface area contributed by atoms with Crippen LogP contribution in [-0.4, -0.2) is 11.9 Å². The number of carbonyl (C=O) groups excluding carboxylic acids is 1. The average molecular weight is 218 g/mol. The molecular weight excluding hydrogens is 200 g/mol. The quantitative estimate of drug-likeness (QED) is 0.752. The van der Waals surface area contributed by atoms with E-state index in [9.17, 15) is 4.79 Å². The van der Waals surface area contributed by atoms with E-state index in [0.717, 1.165) is 6.42 Å². The zero-order valence-corrected chi connectivity index (χ0v) is 9.79. The maximum absolute atomic E-state index is 11.4. The van der Waals surface area contributed by atoms with Crippen molar-refractivity contribution in [2.24, 2.45) is 5.73 Å². The Kier molecular flexibility index (Phi) is 2.97. The fourth-order valence-electron chi connectivity index (χ4n) is 2.42. The van der Waals surface area contributed by atoms with E-state index in [0.29, 0.717) is 6.42 Å². The zero-order chi connectivity index (χ0) is 11.7. The highest BCUT2D eigenvalue weighted by Crippen LogP contribution is 2.27. The van der Waals surface area contributed by atoms with Crippen molar-refractivity contribution in [2.75, 3.05) is 0 Å². The van der Waals surface area contributed by atoms with Gasteiger partial charge in [-0.25, -0.2) is 0 Å². The summed E-state index contributed by atoms with van der Waals surface area (Å²) in [6.07, 6.45) is 1.31. The molecule has 86 valence electrons. The molecule has 1 heterocycles. The van der Waals surface area contributed by atoms with Gasteiger partial charge in [-0.05, 0) is 37.0 Å². The standard InChI is InChI=1S/C13H18N2O/c1-8-4-3-5-9(2)12(8)13-10(14)6-7-11(16)15-13/h3-5,10,13H,6-7,14H2,1-2H3,(H,15,16). The van der Waals surface area contributed by atoms with E-state index in [1.54, 1.807) is 0 Å². The van der Waals surface area contributed by atoms with E-state index in [1.807, 2.05) is 6.07 Å². The Morgan fingerprint density at radius 3 is 2.56 bits per heavy atom. The monoisotopic (exact) mass is 218 g/mol. The van der Waals surface area contributed by atoms with Gasteiger partial charge >= 0.3 is 0 Å². The second-order valence-electron chi connectivity index (χ2n) is 4.55. The number of piperidine rings is 1. The van der Waals surface area contributed by atoms with Crippen LogP contribution in [0.25, 0.3) is 0 Å². The summed E-state index contributed by atoms with van der Waals surface area (Å²) in [6.45, 7) is 4.13. The molecule has 1 fully saturated rings. The van der Waals surface area contributed by atoms with Gasteiger partial charge in [-0.3, -0.25) is 4.79 Å². The number of hydrogen-bond acceptors (Lipinski definition) is 2. The van der Waals surface area contributed by atoms with Crippen molar-refractivity contribution in [1.82, 2.24) is 5.32 Å². The lowest BCUT2D eigenvalue weighted by atomic mass is 9.87. The molecular formula is C13H18N2O. The van der Waals surface area contributed by atoms with Gasteiger partial charge in [0.1, 0.15) is 0 Å². The lowest BCUT2D eigenvalue weighted by molar-refractivity contribution is -0.123. The molecule has 0 saturated carbocycles. The van der Waals surface area contributed by atoms with Crippen LogP contribution in [0.4, 0.5) is 0 Å². The van der Waals surface area contributed by atoms with E-state index in [4.69, 9.17) is 5.73 Å². The minimum atomic E-state index is -0.0255. The largest absolute Gasteiger partial charge is 0.348 e. The summed E-state index contributed by atoms with van der Waals surface area (Å²) in [4.78, 5) is 11.4. The number of hydrogen-bond donors (Lipinski definition) is 2. The number of carbonyl (C=O) groups is 1. The lowest BCUT2D eigenvalue weighted by Gasteiger charge is -2.32. The predicted molar refractivity (Wildman–Crippen MR) is 64.0 cm³/mol. The third kappa shape index (κ3) is 1.95. The molecule has 1 saturated heterocycles. The van der Waals surface area contributed by atoms with Gasteiger partial charge in [0, 0.05) is 12.5 Å². The van der Waals surface area contributed by atoms with E-state index in [1.165, 1.54) is 16.7 Å². The first-order valence-electron chi connectivity index (χ1n) is 5.70. The van der Waals surface area contributed by atoms with Crippen LogP contribution in [0.1, 0.15) is 35.6 Å². The van der Waals surface area contributed by atoms with Crippen LogP contribution in [0.15, 0.2) is 18.2 Å². The van der Waals surface area contributed by atoms with Gasteiger partial charge in [0.25, 0.3) is 0 Å². The Bertz CT molecular complexity index is 394. The molecule has 16 heavy (non-hydrogen) atoms. The summed E-state index contributed by atoms with van der Waals surface area (Å²) in [6, 6.07) is 6.16. The highest BCUT2D eigenvalue weighted by Gasteiger charge is 2.28. The van der Waals surface area contributed by atoms with Gasteiger partial charge < -0.3 is 11.1 Å². The lowest BCUT2D eigenvalue weighted by Crippen LogP contribution is -2.46. The second-order valence-corrected chi connectivity index (χ2v) is 4.55. The minimum absolute atomic E-state index is 0.0255. The van der Waals surface area contributed by atoms with Crippen LogP contribution in [0.5, 0.6) is 0 Å². The molecule has 1 aromatic rings. The molecule has 2 unspecified atom stereocenters. The van der Waals surface area contributed by atoms with Crippen molar-refractivity contribution < 1.29 is 4.79 Å². The first kappa shape index (κ1) is 11.1. The third-order valence-corrected chi connectivity index (χ3v) is 3.30. The van der Waals surface area contributed by atoms with Crippen molar-refractivity contribution >= 4 is 5.91 Å². The van der Waals surface area contributed by atoms with Crippen LogP contribution < -0.4 is 11.1 Å². The molecule has 0 aliphatic carbocycles. The summed E-state index contributed by atoms with van der Waals surface area (Å²) in [5, 5.41) is 3.00. The minimum Gasteiger partial charge on any atom is -0.348 e.